The number of rotatable bonds is 16. The third-order valence-electron chi connectivity index (χ3n) is 9.10. The van der Waals surface area contributed by atoms with Crippen molar-refractivity contribution < 1.29 is 19.1 Å². The van der Waals surface area contributed by atoms with Gasteiger partial charge in [0.25, 0.3) is 0 Å². The Bertz CT molecular complexity index is 1180. The highest BCUT2D eigenvalue weighted by Crippen LogP contribution is 2.51. The zero-order valence-electron chi connectivity index (χ0n) is 26.5. The first-order valence-electron chi connectivity index (χ1n) is 15.6. The maximum atomic E-state index is 13.9. The van der Waals surface area contributed by atoms with Crippen LogP contribution in [0.1, 0.15) is 95.8 Å². The predicted octanol–water partition coefficient (Wildman–Crippen LogP) is 9.13. The minimum atomic E-state index is -0.832. The van der Waals surface area contributed by atoms with Gasteiger partial charge in [-0.05, 0) is 74.5 Å². The summed E-state index contributed by atoms with van der Waals surface area (Å²) in [5, 5.41) is 0. The van der Waals surface area contributed by atoms with Crippen molar-refractivity contribution in [3.05, 3.63) is 108 Å². The molecule has 4 atom stereocenters. The number of methoxy groups -OCH3 is 1. The Morgan fingerprint density at radius 1 is 0.810 bits per heavy atom. The standard InChI is InChI=1S/C38H50O4/c1-7-29(3)26-32(31-18-12-9-13-19-31)27-38(33-20-14-10-15-21-33,34-22-16-11-17-23-34)28-37(5,36(40)42-8-2)25-24-30(4)35(39)41-6/h9-23,29-30,32H,7-8,24-28H2,1-6H3. The Morgan fingerprint density at radius 2 is 1.33 bits per heavy atom. The zero-order chi connectivity index (χ0) is 30.6. The van der Waals surface area contributed by atoms with E-state index in [4.69, 9.17) is 9.47 Å². The number of hydrogen-bond acceptors (Lipinski definition) is 4. The van der Waals surface area contributed by atoms with E-state index < -0.39 is 10.8 Å². The van der Waals surface area contributed by atoms with Crippen LogP contribution in [0.25, 0.3) is 0 Å². The van der Waals surface area contributed by atoms with E-state index in [0.717, 1.165) is 19.3 Å². The Labute approximate surface area is 253 Å². The van der Waals surface area contributed by atoms with E-state index in [1.807, 2.05) is 20.8 Å². The van der Waals surface area contributed by atoms with Crippen molar-refractivity contribution in [2.75, 3.05) is 13.7 Å². The summed E-state index contributed by atoms with van der Waals surface area (Å²) in [6.45, 7) is 10.7. The fourth-order valence-corrected chi connectivity index (χ4v) is 6.42. The third kappa shape index (κ3) is 8.33. The van der Waals surface area contributed by atoms with Gasteiger partial charge in [-0.1, -0.05) is 118 Å². The second-order valence-electron chi connectivity index (χ2n) is 12.3. The van der Waals surface area contributed by atoms with E-state index in [9.17, 15) is 9.59 Å². The van der Waals surface area contributed by atoms with Gasteiger partial charge >= 0.3 is 11.9 Å². The molecule has 0 aliphatic rings. The Hall–Kier alpha value is -3.40. The molecule has 42 heavy (non-hydrogen) atoms. The molecule has 3 rings (SSSR count). The smallest absolute Gasteiger partial charge is 0.311 e. The molecule has 0 aliphatic heterocycles. The summed E-state index contributed by atoms with van der Waals surface area (Å²) in [6.07, 6.45) is 4.62. The maximum Gasteiger partial charge on any atom is 0.311 e. The number of benzene rings is 3. The summed E-state index contributed by atoms with van der Waals surface area (Å²) in [6, 6.07) is 32.2. The van der Waals surface area contributed by atoms with Crippen LogP contribution in [0.15, 0.2) is 91.0 Å². The van der Waals surface area contributed by atoms with Gasteiger partial charge in [0.05, 0.1) is 25.0 Å². The highest BCUT2D eigenvalue weighted by molar-refractivity contribution is 5.77. The minimum Gasteiger partial charge on any atom is -0.469 e. The molecular formula is C38H50O4. The summed E-state index contributed by atoms with van der Waals surface area (Å²) in [4.78, 5) is 26.2. The average molecular weight is 571 g/mol. The highest BCUT2D eigenvalue weighted by Gasteiger charge is 2.47. The van der Waals surface area contributed by atoms with Crippen molar-refractivity contribution >= 4 is 11.9 Å². The monoisotopic (exact) mass is 570 g/mol. The second kappa shape index (κ2) is 15.7. The predicted molar refractivity (Wildman–Crippen MR) is 171 cm³/mol. The molecule has 0 saturated heterocycles. The van der Waals surface area contributed by atoms with E-state index in [2.05, 4.69) is 105 Å². The van der Waals surface area contributed by atoms with Crippen LogP contribution in [-0.2, 0) is 24.5 Å². The molecule has 0 radical (unpaired) electrons. The molecule has 4 unspecified atom stereocenters. The van der Waals surface area contributed by atoms with Gasteiger partial charge < -0.3 is 9.47 Å². The van der Waals surface area contributed by atoms with Crippen molar-refractivity contribution in [1.82, 2.24) is 0 Å². The molecule has 0 N–H and O–H groups in total. The first kappa shape index (κ1) is 33.1. The van der Waals surface area contributed by atoms with E-state index >= 15 is 0 Å². The summed E-state index contributed by atoms with van der Waals surface area (Å²) < 4.78 is 10.8. The minimum absolute atomic E-state index is 0.212. The summed E-state index contributed by atoms with van der Waals surface area (Å²) in [7, 11) is 1.42. The molecule has 226 valence electrons. The summed E-state index contributed by atoms with van der Waals surface area (Å²) in [5.74, 6) is 0.0562. The maximum absolute atomic E-state index is 13.9. The van der Waals surface area contributed by atoms with Crippen molar-refractivity contribution in [2.24, 2.45) is 17.3 Å². The molecule has 0 heterocycles. The van der Waals surface area contributed by atoms with Crippen molar-refractivity contribution in [1.29, 1.82) is 0 Å². The molecule has 0 aromatic heterocycles. The number of hydrogen-bond donors (Lipinski definition) is 0. The number of ether oxygens (including phenoxy) is 2. The third-order valence-corrected chi connectivity index (χ3v) is 9.10. The van der Waals surface area contributed by atoms with Gasteiger partial charge in [-0.3, -0.25) is 9.59 Å². The molecule has 4 nitrogen and oxygen atoms in total. The molecule has 0 fully saturated rings. The molecule has 0 aliphatic carbocycles. The van der Waals surface area contributed by atoms with Gasteiger partial charge in [0.15, 0.2) is 0 Å². The van der Waals surface area contributed by atoms with Gasteiger partial charge in [0, 0.05) is 5.41 Å². The van der Waals surface area contributed by atoms with Crippen LogP contribution in [0.2, 0.25) is 0 Å². The fraction of sp³-hybridized carbons (Fsp3) is 0.474. The summed E-state index contributed by atoms with van der Waals surface area (Å²) in [5.41, 5.74) is 2.40. The summed E-state index contributed by atoms with van der Waals surface area (Å²) >= 11 is 0. The quantitative estimate of drug-likeness (QED) is 0.161. The van der Waals surface area contributed by atoms with E-state index in [1.165, 1.54) is 23.8 Å². The molecule has 0 saturated carbocycles. The molecular weight excluding hydrogens is 520 g/mol. The van der Waals surface area contributed by atoms with Gasteiger partial charge in [0.1, 0.15) is 0 Å². The normalized spacial score (nSPS) is 15.2. The molecule has 0 bridgehead atoms. The number of carbonyl (C=O) groups excluding carboxylic acids is 2. The Kier molecular flexibility index (Phi) is 12.4. The average Bonchev–Trinajstić information content (AvgIpc) is 3.03. The SMILES string of the molecule is CCOC(=O)C(C)(CCC(C)C(=O)OC)CC(CC(CC(C)CC)c1ccccc1)(c1ccccc1)c1ccccc1. The Balaban J connectivity index is 2.23. The fourth-order valence-electron chi connectivity index (χ4n) is 6.42. The van der Waals surface area contributed by atoms with Gasteiger partial charge in [0.2, 0.25) is 0 Å². The topological polar surface area (TPSA) is 52.6 Å². The molecule has 3 aromatic rings. The molecule has 0 spiro atoms. The zero-order valence-corrected chi connectivity index (χ0v) is 26.5. The second-order valence-corrected chi connectivity index (χ2v) is 12.3. The van der Waals surface area contributed by atoms with Gasteiger partial charge in [-0.25, -0.2) is 0 Å². The number of esters is 2. The molecule has 4 heteroatoms. The Morgan fingerprint density at radius 3 is 1.81 bits per heavy atom. The van der Waals surface area contributed by atoms with Crippen LogP contribution in [-0.4, -0.2) is 25.7 Å². The van der Waals surface area contributed by atoms with E-state index in [1.54, 1.807) is 0 Å². The lowest BCUT2D eigenvalue weighted by Gasteiger charge is -2.44. The lowest BCUT2D eigenvalue weighted by molar-refractivity contribution is -0.157. The highest BCUT2D eigenvalue weighted by atomic mass is 16.5. The van der Waals surface area contributed by atoms with Crippen LogP contribution >= 0.6 is 0 Å². The van der Waals surface area contributed by atoms with E-state index in [0.29, 0.717) is 31.8 Å². The van der Waals surface area contributed by atoms with Crippen LogP contribution in [0.5, 0.6) is 0 Å². The lowest BCUT2D eigenvalue weighted by Crippen LogP contribution is -2.41. The van der Waals surface area contributed by atoms with Crippen LogP contribution in [0.3, 0.4) is 0 Å². The van der Waals surface area contributed by atoms with Crippen molar-refractivity contribution in [2.45, 2.75) is 84.5 Å². The van der Waals surface area contributed by atoms with Crippen LogP contribution in [0.4, 0.5) is 0 Å². The molecule has 3 aromatic carbocycles. The number of carbonyl (C=O) groups is 2. The first-order valence-corrected chi connectivity index (χ1v) is 15.6. The largest absolute Gasteiger partial charge is 0.469 e. The molecule has 0 amide bonds. The van der Waals surface area contributed by atoms with E-state index in [-0.39, 0.29) is 23.8 Å². The van der Waals surface area contributed by atoms with Gasteiger partial charge in [-0.2, -0.15) is 0 Å². The van der Waals surface area contributed by atoms with Crippen LogP contribution < -0.4 is 0 Å². The lowest BCUT2D eigenvalue weighted by atomic mass is 9.59. The van der Waals surface area contributed by atoms with Crippen LogP contribution in [0, 0.1) is 17.3 Å². The van der Waals surface area contributed by atoms with Crippen molar-refractivity contribution in [3.8, 4) is 0 Å². The van der Waals surface area contributed by atoms with Crippen molar-refractivity contribution in [3.63, 3.8) is 0 Å². The first-order chi connectivity index (χ1) is 20.2. The van der Waals surface area contributed by atoms with Gasteiger partial charge in [-0.15, -0.1) is 0 Å².